The number of hydrogen-bond donors (Lipinski definition) is 1. The quantitative estimate of drug-likeness (QED) is 0.822. The maximum absolute atomic E-state index is 11.2. The Morgan fingerprint density at radius 1 is 1.29 bits per heavy atom. The third kappa shape index (κ3) is 5.09. The van der Waals surface area contributed by atoms with Crippen molar-refractivity contribution in [1.29, 1.82) is 0 Å². The van der Waals surface area contributed by atoms with Crippen molar-refractivity contribution in [2.45, 2.75) is 59.0 Å². The molecule has 17 heavy (non-hydrogen) atoms. The fraction of sp³-hybridized carbons (Fsp3) is 1.00. The minimum absolute atomic E-state index is 0.373. The molecule has 0 aromatic heterocycles. The minimum Gasteiger partial charge on any atom is -0.310 e. The molecule has 5 unspecified atom stereocenters. The molecule has 1 N–H and O–H groups in total. The van der Waals surface area contributed by atoms with Gasteiger partial charge >= 0.3 is 0 Å². The van der Waals surface area contributed by atoms with Crippen molar-refractivity contribution in [1.82, 2.24) is 5.32 Å². The predicted molar refractivity (Wildman–Crippen MR) is 76.7 cm³/mol. The van der Waals surface area contributed by atoms with Gasteiger partial charge in [-0.05, 0) is 37.5 Å². The molecule has 1 aliphatic carbocycles. The van der Waals surface area contributed by atoms with Crippen LogP contribution >= 0.6 is 0 Å². The van der Waals surface area contributed by atoms with Crippen LogP contribution in [0.2, 0.25) is 0 Å². The Balaban J connectivity index is 2.54. The Labute approximate surface area is 109 Å². The summed E-state index contributed by atoms with van der Waals surface area (Å²) in [6.07, 6.45) is 5.79. The Morgan fingerprint density at radius 3 is 2.47 bits per heavy atom. The van der Waals surface area contributed by atoms with Gasteiger partial charge in [0.05, 0.1) is 0 Å². The normalized spacial score (nSPS) is 33.6. The zero-order valence-corrected chi connectivity index (χ0v) is 12.8. The summed E-state index contributed by atoms with van der Waals surface area (Å²) in [7, 11) is -0.693. The van der Waals surface area contributed by atoms with E-state index in [0.29, 0.717) is 12.1 Å². The van der Waals surface area contributed by atoms with Crippen LogP contribution in [0.5, 0.6) is 0 Å². The highest BCUT2D eigenvalue weighted by atomic mass is 32.2. The summed E-state index contributed by atoms with van der Waals surface area (Å²) in [5.41, 5.74) is 0. The average molecular weight is 259 g/mol. The van der Waals surface area contributed by atoms with Gasteiger partial charge in [0.1, 0.15) is 0 Å². The van der Waals surface area contributed by atoms with Crippen LogP contribution in [0.1, 0.15) is 47.0 Å². The van der Waals surface area contributed by atoms with Crippen LogP contribution in [0.4, 0.5) is 0 Å². The lowest BCUT2D eigenvalue weighted by Crippen LogP contribution is -2.48. The lowest BCUT2D eigenvalue weighted by atomic mass is 9.74. The van der Waals surface area contributed by atoms with Crippen molar-refractivity contribution < 1.29 is 4.21 Å². The number of nitrogens with one attached hydrogen (secondary N) is 1. The summed E-state index contributed by atoms with van der Waals surface area (Å²) in [5, 5.41) is 3.72. The molecule has 1 rings (SSSR count). The third-order valence-corrected chi connectivity index (χ3v) is 4.97. The van der Waals surface area contributed by atoms with Gasteiger partial charge in [-0.2, -0.15) is 0 Å². The molecular formula is C14H29NOS. The van der Waals surface area contributed by atoms with Crippen molar-refractivity contribution in [2.75, 3.05) is 12.0 Å². The Hall–Kier alpha value is 0.110. The van der Waals surface area contributed by atoms with E-state index in [-0.39, 0.29) is 0 Å². The van der Waals surface area contributed by atoms with E-state index in [1.807, 2.05) is 0 Å². The second-order valence-electron chi connectivity index (χ2n) is 6.24. The first-order valence-corrected chi connectivity index (χ1v) is 8.69. The van der Waals surface area contributed by atoms with E-state index in [0.717, 1.165) is 23.5 Å². The summed E-state index contributed by atoms with van der Waals surface area (Å²) in [5.74, 6) is 3.15. The topological polar surface area (TPSA) is 29.1 Å². The van der Waals surface area contributed by atoms with E-state index in [2.05, 4.69) is 33.0 Å². The van der Waals surface area contributed by atoms with Gasteiger partial charge in [-0.25, -0.2) is 0 Å². The fourth-order valence-corrected chi connectivity index (χ4v) is 3.96. The lowest BCUT2D eigenvalue weighted by molar-refractivity contribution is 0.163. The van der Waals surface area contributed by atoms with Crippen LogP contribution in [0.15, 0.2) is 0 Å². The minimum atomic E-state index is -0.693. The van der Waals surface area contributed by atoms with Crippen LogP contribution < -0.4 is 5.32 Å². The Kier molecular flexibility index (Phi) is 6.14. The summed E-state index contributed by atoms with van der Waals surface area (Å²) >= 11 is 0. The summed E-state index contributed by atoms with van der Waals surface area (Å²) < 4.78 is 11.2. The molecule has 0 bridgehead atoms. The maximum atomic E-state index is 11.2. The zero-order valence-electron chi connectivity index (χ0n) is 12.0. The predicted octanol–water partition coefficient (Wildman–Crippen LogP) is 2.80. The molecule has 0 aliphatic heterocycles. The van der Waals surface area contributed by atoms with E-state index in [1.54, 1.807) is 6.26 Å². The van der Waals surface area contributed by atoms with Crippen molar-refractivity contribution in [2.24, 2.45) is 17.8 Å². The van der Waals surface area contributed by atoms with Gasteiger partial charge in [0.15, 0.2) is 0 Å². The van der Waals surface area contributed by atoms with E-state index < -0.39 is 10.8 Å². The smallest absolute Gasteiger partial charge is 0.0383 e. The zero-order chi connectivity index (χ0) is 13.0. The van der Waals surface area contributed by atoms with E-state index in [1.165, 1.54) is 19.3 Å². The monoisotopic (exact) mass is 259 g/mol. The SMILES string of the molecule is CC1CCC(C(C)C)C(NC(C)CS(C)=O)C1. The summed E-state index contributed by atoms with van der Waals surface area (Å²) in [4.78, 5) is 0. The van der Waals surface area contributed by atoms with Crippen LogP contribution in [0.25, 0.3) is 0 Å². The lowest BCUT2D eigenvalue weighted by Gasteiger charge is -2.39. The highest BCUT2D eigenvalue weighted by Gasteiger charge is 2.31. The molecule has 2 nitrogen and oxygen atoms in total. The van der Waals surface area contributed by atoms with E-state index in [9.17, 15) is 4.21 Å². The Morgan fingerprint density at radius 2 is 1.94 bits per heavy atom. The van der Waals surface area contributed by atoms with Crippen LogP contribution in [-0.2, 0) is 10.8 Å². The molecule has 0 aromatic rings. The van der Waals surface area contributed by atoms with Gasteiger partial charge in [0.25, 0.3) is 0 Å². The maximum Gasteiger partial charge on any atom is 0.0383 e. The first-order valence-electron chi connectivity index (χ1n) is 6.96. The first kappa shape index (κ1) is 15.2. The van der Waals surface area contributed by atoms with Crippen molar-refractivity contribution in [3.05, 3.63) is 0 Å². The van der Waals surface area contributed by atoms with Gasteiger partial charge in [-0.15, -0.1) is 0 Å². The molecule has 3 heteroatoms. The van der Waals surface area contributed by atoms with Gasteiger partial charge in [0.2, 0.25) is 0 Å². The fourth-order valence-electron chi connectivity index (χ4n) is 3.16. The second kappa shape index (κ2) is 6.89. The van der Waals surface area contributed by atoms with Gasteiger partial charge in [0, 0.05) is 34.9 Å². The molecular weight excluding hydrogens is 230 g/mol. The van der Waals surface area contributed by atoms with Crippen LogP contribution in [0, 0.1) is 17.8 Å². The first-order chi connectivity index (χ1) is 7.90. The molecule has 102 valence electrons. The van der Waals surface area contributed by atoms with Crippen LogP contribution in [-0.4, -0.2) is 28.3 Å². The molecule has 0 spiro atoms. The highest BCUT2D eigenvalue weighted by Crippen LogP contribution is 2.33. The van der Waals surface area contributed by atoms with E-state index in [4.69, 9.17) is 0 Å². The van der Waals surface area contributed by atoms with Crippen molar-refractivity contribution in [3.63, 3.8) is 0 Å². The summed E-state index contributed by atoms with van der Waals surface area (Å²) in [6, 6.07) is 0.995. The molecule has 1 fully saturated rings. The van der Waals surface area contributed by atoms with Crippen molar-refractivity contribution in [3.8, 4) is 0 Å². The van der Waals surface area contributed by atoms with Gasteiger partial charge in [-0.1, -0.05) is 27.2 Å². The molecule has 0 heterocycles. The van der Waals surface area contributed by atoms with Crippen LogP contribution in [0.3, 0.4) is 0 Å². The molecule has 0 amide bonds. The summed E-state index contributed by atoms with van der Waals surface area (Å²) in [6.45, 7) is 9.18. The molecule has 0 radical (unpaired) electrons. The van der Waals surface area contributed by atoms with Gasteiger partial charge in [-0.3, -0.25) is 4.21 Å². The number of rotatable bonds is 5. The average Bonchev–Trinajstić information content (AvgIpc) is 2.15. The second-order valence-corrected chi connectivity index (χ2v) is 7.72. The van der Waals surface area contributed by atoms with Crippen molar-refractivity contribution >= 4 is 10.8 Å². The molecule has 1 saturated carbocycles. The molecule has 5 atom stereocenters. The van der Waals surface area contributed by atoms with E-state index >= 15 is 0 Å². The Bertz CT molecular complexity index is 255. The third-order valence-electron chi connectivity index (χ3n) is 4.01. The molecule has 0 saturated heterocycles. The standard InChI is InChI=1S/C14H29NOS/c1-10(2)13-7-6-11(3)8-14(13)15-12(4)9-17(5)16/h10-15H,6-9H2,1-5H3. The molecule has 0 aromatic carbocycles. The molecule has 1 aliphatic rings. The number of hydrogen-bond acceptors (Lipinski definition) is 2. The van der Waals surface area contributed by atoms with Gasteiger partial charge < -0.3 is 5.32 Å². The largest absolute Gasteiger partial charge is 0.310 e. The highest BCUT2D eigenvalue weighted by molar-refractivity contribution is 7.84.